The Labute approximate surface area is 147 Å². The molecule has 1 saturated heterocycles. The van der Waals surface area contributed by atoms with Crippen LogP contribution in [0.5, 0.6) is 0 Å². The van der Waals surface area contributed by atoms with Crippen LogP contribution in [0.1, 0.15) is 38.2 Å². The zero-order chi connectivity index (χ0) is 17.8. The number of hydrogen-bond acceptors (Lipinski definition) is 4. The first-order valence-electron chi connectivity index (χ1n) is 8.73. The Morgan fingerprint density at radius 3 is 2.96 bits per heavy atom. The quantitative estimate of drug-likeness (QED) is 0.897. The van der Waals surface area contributed by atoms with Gasteiger partial charge in [0.05, 0.1) is 17.8 Å². The average Bonchev–Trinajstić information content (AvgIpc) is 2.62. The second kappa shape index (κ2) is 7.51. The van der Waals surface area contributed by atoms with E-state index in [1.54, 1.807) is 6.20 Å². The van der Waals surface area contributed by atoms with Crippen LogP contribution in [-0.4, -0.2) is 29.2 Å². The minimum atomic E-state index is -0.227. The lowest BCUT2D eigenvalue weighted by Crippen LogP contribution is -2.41. The molecule has 1 fully saturated rings. The zero-order valence-electron chi connectivity index (χ0n) is 14.7. The number of benzene rings is 1. The lowest BCUT2D eigenvalue weighted by molar-refractivity contribution is -0.120. The number of amides is 1. The number of nitrogens with one attached hydrogen (secondary N) is 2. The molecule has 0 bridgehead atoms. The van der Waals surface area contributed by atoms with Crippen molar-refractivity contribution in [1.82, 2.24) is 10.2 Å². The molecule has 2 heterocycles. The molecule has 1 aliphatic heterocycles. The smallest absolute Gasteiger partial charge is 0.266 e. The van der Waals surface area contributed by atoms with Crippen molar-refractivity contribution in [3.05, 3.63) is 52.4 Å². The second-order valence-corrected chi connectivity index (χ2v) is 6.86. The number of piperidine rings is 1. The Morgan fingerprint density at radius 1 is 1.36 bits per heavy atom. The average molecular weight is 340 g/mol. The predicted molar refractivity (Wildman–Crippen MR) is 99.0 cm³/mol. The molecule has 1 amide bonds. The van der Waals surface area contributed by atoms with Crippen LogP contribution in [0.25, 0.3) is 0 Å². The SMILES string of the molecule is CC(C)c1cccc(NC(=O)C2CCCN(c3cn[nH]c(=O)c3)C2)c1. The summed E-state index contributed by atoms with van der Waals surface area (Å²) in [4.78, 5) is 26.2. The van der Waals surface area contributed by atoms with Crippen LogP contribution in [0.3, 0.4) is 0 Å². The molecule has 6 heteroatoms. The van der Waals surface area contributed by atoms with Crippen molar-refractivity contribution >= 4 is 17.3 Å². The van der Waals surface area contributed by atoms with Gasteiger partial charge in [-0.05, 0) is 36.5 Å². The third-order valence-electron chi connectivity index (χ3n) is 4.63. The first kappa shape index (κ1) is 17.2. The lowest BCUT2D eigenvalue weighted by atomic mass is 9.96. The molecule has 0 radical (unpaired) electrons. The van der Waals surface area contributed by atoms with Crippen molar-refractivity contribution in [3.63, 3.8) is 0 Å². The normalized spacial score (nSPS) is 17.6. The van der Waals surface area contributed by atoms with E-state index in [0.717, 1.165) is 30.8 Å². The van der Waals surface area contributed by atoms with Gasteiger partial charge in [-0.15, -0.1) is 0 Å². The topological polar surface area (TPSA) is 78.1 Å². The molecule has 1 atom stereocenters. The molecule has 1 aromatic carbocycles. The number of rotatable bonds is 4. The van der Waals surface area contributed by atoms with Crippen molar-refractivity contribution in [1.29, 1.82) is 0 Å². The summed E-state index contributed by atoms with van der Waals surface area (Å²) < 4.78 is 0. The molecule has 25 heavy (non-hydrogen) atoms. The molecule has 132 valence electrons. The van der Waals surface area contributed by atoms with Crippen LogP contribution in [0, 0.1) is 5.92 Å². The van der Waals surface area contributed by atoms with Gasteiger partial charge in [0.25, 0.3) is 5.56 Å². The number of aromatic nitrogens is 2. The summed E-state index contributed by atoms with van der Waals surface area (Å²) in [5.74, 6) is 0.352. The molecule has 0 saturated carbocycles. The number of nitrogens with zero attached hydrogens (tertiary/aromatic N) is 2. The van der Waals surface area contributed by atoms with E-state index >= 15 is 0 Å². The van der Waals surface area contributed by atoms with Crippen molar-refractivity contribution in [2.75, 3.05) is 23.3 Å². The van der Waals surface area contributed by atoms with Crippen LogP contribution < -0.4 is 15.8 Å². The van der Waals surface area contributed by atoms with Gasteiger partial charge in [0.1, 0.15) is 0 Å². The van der Waals surface area contributed by atoms with Crippen LogP contribution in [-0.2, 0) is 4.79 Å². The van der Waals surface area contributed by atoms with Gasteiger partial charge < -0.3 is 10.2 Å². The van der Waals surface area contributed by atoms with Crippen LogP contribution in [0.2, 0.25) is 0 Å². The summed E-state index contributed by atoms with van der Waals surface area (Å²) in [5.41, 5.74) is 2.58. The fourth-order valence-corrected chi connectivity index (χ4v) is 3.18. The largest absolute Gasteiger partial charge is 0.369 e. The standard InChI is InChI=1S/C19H24N4O2/c1-13(2)14-5-3-7-16(9-14)21-19(25)15-6-4-8-23(12-15)17-10-18(24)22-20-11-17/h3,5,7,9-11,13,15H,4,6,8,12H2,1-2H3,(H,21,25)(H,22,24). The molecule has 2 N–H and O–H groups in total. The highest BCUT2D eigenvalue weighted by Crippen LogP contribution is 2.24. The Morgan fingerprint density at radius 2 is 2.20 bits per heavy atom. The van der Waals surface area contributed by atoms with E-state index in [2.05, 4.69) is 40.3 Å². The summed E-state index contributed by atoms with van der Waals surface area (Å²) in [5, 5.41) is 9.26. The zero-order valence-corrected chi connectivity index (χ0v) is 14.7. The van der Waals surface area contributed by atoms with E-state index in [-0.39, 0.29) is 17.4 Å². The second-order valence-electron chi connectivity index (χ2n) is 6.86. The number of H-pyrrole nitrogens is 1. The highest BCUT2D eigenvalue weighted by Gasteiger charge is 2.26. The first-order valence-corrected chi connectivity index (χ1v) is 8.73. The summed E-state index contributed by atoms with van der Waals surface area (Å²) in [7, 11) is 0. The Balaban J connectivity index is 1.68. The van der Waals surface area contributed by atoms with E-state index in [1.165, 1.54) is 11.6 Å². The van der Waals surface area contributed by atoms with E-state index in [1.807, 2.05) is 18.2 Å². The number of aromatic amines is 1. The van der Waals surface area contributed by atoms with Gasteiger partial charge in [-0.3, -0.25) is 9.59 Å². The molecular formula is C19H24N4O2. The van der Waals surface area contributed by atoms with E-state index in [4.69, 9.17) is 0 Å². The third kappa shape index (κ3) is 4.26. The highest BCUT2D eigenvalue weighted by molar-refractivity contribution is 5.93. The highest BCUT2D eigenvalue weighted by atomic mass is 16.2. The maximum Gasteiger partial charge on any atom is 0.266 e. The van der Waals surface area contributed by atoms with E-state index in [9.17, 15) is 9.59 Å². The number of anilines is 2. The van der Waals surface area contributed by atoms with Gasteiger partial charge in [-0.2, -0.15) is 5.10 Å². The summed E-state index contributed by atoms with van der Waals surface area (Å²) >= 11 is 0. The molecule has 0 aliphatic carbocycles. The third-order valence-corrected chi connectivity index (χ3v) is 4.63. The molecule has 2 aromatic rings. The fourth-order valence-electron chi connectivity index (χ4n) is 3.18. The number of carbonyl (C=O) groups excluding carboxylic acids is 1. The summed E-state index contributed by atoms with van der Waals surface area (Å²) in [6, 6.07) is 9.52. The van der Waals surface area contributed by atoms with Crippen molar-refractivity contribution in [3.8, 4) is 0 Å². The van der Waals surface area contributed by atoms with Crippen molar-refractivity contribution in [2.24, 2.45) is 5.92 Å². The minimum Gasteiger partial charge on any atom is -0.369 e. The van der Waals surface area contributed by atoms with Crippen LogP contribution >= 0.6 is 0 Å². The molecular weight excluding hydrogens is 316 g/mol. The number of carbonyl (C=O) groups is 1. The van der Waals surface area contributed by atoms with Gasteiger partial charge in [-0.1, -0.05) is 26.0 Å². The first-order chi connectivity index (χ1) is 12.0. The summed E-state index contributed by atoms with van der Waals surface area (Å²) in [6.45, 7) is 5.70. The minimum absolute atomic E-state index is 0.0309. The maximum atomic E-state index is 12.7. The molecule has 1 aromatic heterocycles. The molecule has 6 nitrogen and oxygen atoms in total. The van der Waals surface area contributed by atoms with Gasteiger partial charge >= 0.3 is 0 Å². The lowest BCUT2D eigenvalue weighted by Gasteiger charge is -2.33. The van der Waals surface area contributed by atoms with Crippen molar-refractivity contribution in [2.45, 2.75) is 32.6 Å². The van der Waals surface area contributed by atoms with Crippen LogP contribution in [0.4, 0.5) is 11.4 Å². The van der Waals surface area contributed by atoms with Gasteiger partial charge in [0.15, 0.2) is 0 Å². The number of hydrogen-bond donors (Lipinski definition) is 2. The monoisotopic (exact) mass is 340 g/mol. The molecule has 3 rings (SSSR count). The molecule has 1 aliphatic rings. The van der Waals surface area contributed by atoms with Crippen LogP contribution in [0.15, 0.2) is 41.3 Å². The van der Waals surface area contributed by atoms with Gasteiger partial charge in [0, 0.05) is 24.8 Å². The van der Waals surface area contributed by atoms with Gasteiger partial charge in [0.2, 0.25) is 5.91 Å². The predicted octanol–water partition coefficient (Wildman–Crippen LogP) is 2.75. The molecule has 0 spiro atoms. The van der Waals surface area contributed by atoms with Crippen molar-refractivity contribution < 1.29 is 4.79 Å². The molecule has 1 unspecified atom stereocenters. The Kier molecular flexibility index (Phi) is 5.16. The Hall–Kier alpha value is -2.63. The van der Waals surface area contributed by atoms with E-state index < -0.39 is 0 Å². The van der Waals surface area contributed by atoms with Gasteiger partial charge in [-0.25, -0.2) is 5.10 Å². The maximum absolute atomic E-state index is 12.7. The Bertz CT molecular complexity index is 800. The summed E-state index contributed by atoms with van der Waals surface area (Å²) in [6.07, 6.45) is 3.40. The fraction of sp³-hybridized carbons (Fsp3) is 0.421. The van der Waals surface area contributed by atoms with E-state index in [0.29, 0.717) is 12.5 Å².